The quantitative estimate of drug-likeness (QED) is 0.736. The maximum Gasteiger partial charge on any atom is 0.342 e. The van der Waals surface area contributed by atoms with Crippen LogP contribution in [0.5, 0.6) is 17.2 Å². The van der Waals surface area contributed by atoms with Gasteiger partial charge in [0, 0.05) is 5.02 Å². The van der Waals surface area contributed by atoms with Gasteiger partial charge in [0.25, 0.3) is 0 Å². The predicted octanol–water partition coefficient (Wildman–Crippen LogP) is 4.03. The Morgan fingerprint density at radius 2 is 1.58 bits per heavy atom. The number of benzene rings is 2. The third-order valence-electron chi connectivity index (χ3n) is 3.58. The molecule has 6 heteroatoms. The molecule has 0 radical (unpaired) electrons. The second kappa shape index (κ2) is 7.93. The fourth-order valence-electron chi connectivity index (χ4n) is 2.24. The van der Waals surface area contributed by atoms with Gasteiger partial charge >= 0.3 is 5.97 Å². The first kappa shape index (κ1) is 17.9. The molecule has 0 atom stereocenters. The molecule has 0 N–H and O–H groups in total. The first-order valence-electron chi connectivity index (χ1n) is 7.22. The Hall–Kier alpha value is -2.40. The van der Waals surface area contributed by atoms with E-state index in [-0.39, 0.29) is 12.2 Å². The van der Waals surface area contributed by atoms with Crippen molar-refractivity contribution in [3.8, 4) is 17.2 Å². The molecule has 0 heterocycles. The number of hydrogen-bond donors (Lipinski definition) is 0. The minimum atomic E-state index is -0.511. The molecule has 0 spiro atoms. The van der Waals surface area contributed by atoms with Gasteiger partial charge in [0.15, 0.2) is 11.5 Å². The maximum atomic E-state index is 12.3. The molecule has 128 valence electrons. The van der Waals surface area contributed by atoms with E-state index in [1.54, 1.807) is 32.4 Å². The number of halogens is 1. The zero-order chi connectivity index (χ0) is 17.7. The van der Waals surface area contributed by atoms with Crippen LogP contribution in [0.4, 0.5) is 0 Å². The molecule has 5 nitrogen and oxygen atoms in total. The van der Waals surface area contributed by atoms with Crippen LogP contribution in [0.3, 0.4) is 0 Å². The van der Waals surface area contributed by atoms with E-state index in [0.29, 0.717) is 22.3 Å². The van der Waals surface area contributed by atoms with E-state index < -0.39 is 5.97 Å². The van der Waals surface area contributed by atoms with E-state index >= 15 is 0 Å². The summed E-state index contributed by atoms with van der Waals surface area (Å²) < 4.78 is 21.1. The first-order valence-corrected chi connectivity index (χ1v) is 7.60. The third-order valence-corrected chi connectivity index (χ3v) is 3.82. The SMILES string of the molecule is COc1cc(C)c(COC(=O)c2cc(Cl)ccc2OC)cc1OC. The molecule has 0 saturated carbocycles. The van der Waals surface area contributed by atoms with Crippen LogP contribution in [0, 0.1) is 6.92 Å². The van der Waals surface area contributed by atoms with Crippen LogP contribution in [-0.2, 0) is 11.3 Å². The summed E-state index contributed by atoms with van der Waals surface area (Å²) in [4.78, 5) is 12.3. The second-order valence-electron chi connectivity index (χ2n) is 5.05. The number of methoxy groups -OCH3 is 3. The molecule has 0 amide bonds. The summed E-state index contributed by atoms with van der Waals surface area (Å²) in [6.45, 7) is 2.01. The minimum Gasteiger partial charge on any atom is -0.496 e. The molecule has 24 heavy (non-hydrogen) atoms. The van der Waals surface area contributed by atoms with Crippen molar-refractivity contribution in [2.75, 3.05) is 21.3 Å². The normalized spacial score (nSPS) is 10.2. The summed E-state index contributed by atoms with van der Waals surface area (Å²) in [5.74, 6) is 1.10. The number of ether oxygens (including phenoxy) is 4. The number of hydrogen-bond acceptors (Lipinski definition) is 5. The van der Waals surface area contributed by atoms with Crippen LogP contribution in [0.1, 0.15) is 21.5 Å². The van der Waals surface area contributed by atoms with E-state index in [2.05, 4.69) is 0 Å². The number of carbonyl (C=O) groups excluding carboxylic acids is 1. The van der Waals surface area contributed by atoms with Crippen molar-refractivity contribution < 1.29 is 23.7 Å². The lowest BCUT2D eigenvalue weighted by molar-refractivity contribution is 0.0468. The molecule has 0 aromatic heterocycles. The summed E-state index contributed by atoms with van der Waals surface area (Å²) in [6.07, 6.45) is 0. The molecule has 2 rings (SSSR count). The van der Waals surface area contributed by atoms with E-state index in [0.717, 1.165) is 11.1 Å². The summed E-state index contributed by atoms with van der Waals surface area (Å²) in [5.41, 5.74) is 2.03. The topological polar surface area (TPSA) is 54.0 Å². The fraction of sp³-hybridized carbons (Fsp3) is 0.278. The molecule has 0 bridgehead atoms. The molecule has 2 aromatic rings. The zero-order valence-electron chi connectivity index (χ0n) is 14.0. The molecular weight excluding hydrogens is 332 g/mol. The lowest BCUT2D eigenvalue weighted by Gasteiger charge is -2.14. The van der Waals surface area contributed by atoms with E-state index in [1.807, 2.05) is 13.0 Å². The van der Waals surface area contributed by atoms with Gasteiger partial charge in [-0.05, 0) is 48.4 Å². The van der Waals surface area contributed by atoms with Gasteiger partial charge in [-0.3, -0.25) is 0 Å². The van der Waals surface area contributed by atoms with Crippen molar-refractivity contribution >= 4 is 17.6 Å². The van der Waals surface area contributed by atoms with Crippen molar-refractivity contribution in [3.05, 3.63) is 52.0 Å². The highest BCUT2D eigenvalue weighted by molar-refractivity contribution is 6.31. The zero-order valence-corrected chi connectivity index (χ0v) is 14.8. The summed E-state index contributed by atoms with van der Waals surface area (Å²) in [5, 5.41) is 0.435. The van der Waals surface area contributed by atoms with Crippen LogP contribution in [0.25, 0.3) is 0 Å². The van der Waals surface area contributed by atoms with Gasteiger partial charge in [0.05, 0.1) is 21.3 Å². The van der Waals surface area contributed by atoms with Crippen LogP contribution < -0.4 is 14.2 Å². The van der Waals surface area contributed by atoms with Crippen LogP contribution in [-0.4, -0.2) is 27.3 Å². The minimum absolute atomic E-state index is 0.0979. The third kappa shape index (κ3) is 3.92. The Labute approximate surface area is 146 Å². The van der Waals surface area contributed by atoms with Crippen LogP contribution in [0.2, 0.25) is 5.02 Å². The molecular formula is C18H19ClO5. The maximum absolute atomic E-state index is 12.3. The molecule has 0 aliphatic carbocycles. The molecule has 0 aliphatic heterocycles. The molecule has 0 unspecified atom stereocenters. The van der Waals surface area contributed by atoms with Crippen LogP contribution >= 0.6 is 11.6 Å². The molecule has 0 fully saturated rings. The van der Waals surface area contributed by atoms with Gasteiger partial charge in [0.1, 0.15) is 17.9 Å². The van der Waals surface area contributed by atoms with Gasteiger partial charge in [-0.25, -0.2) is 4.79 Å². The van der Waals surface area contributed by atoms with Gasteiger partial charge in [-0.15, -0.1) is 0 Å². The van der Waals surface area contributed by atoms with E-state index in [4.69, 9.17) is 30.5 Å². The van der Waals surface area contributed by atoms with E-state index in [9.17, 15) is 4.79 Å². The van der Waals surface area contributed by atoms with Crippen molar-refractivity contribution in [1.29, 1.82) is 0 Å². The molecule has 0 saturated heterocycles. The number of carbonyl (C=O) groups is 1. The van der Waals surface area contributed by atoms with Gasteiger partial charge < -0.3 is 18.9 Å². The van der Waals surface area contributed by atoms with Crippen LogP contribution in [0.15, 0.2) is 30.3 Å². The summed E-state index contributed by atoms with van der Waals surface area (Å²) in [6, 6.07) is 8.42. The lowest BCUT2D eigenvalue weighted by atomic mass is 10.1. The van der Waals surface area contributed by atoms with Crippen molar-refractivity contribution in [2.24, 2.45) is 0 Å². The summed E-state index contributed by atoms with van der Waals surface area (Å²) >= 11 is 5.94. The average molecular weight is 351 g/mol. The lowest BCUT2D eigenvalue weighted by Crippen LogP contribution is -2.08. The first-order chi connectivity index (χ1) is 11.5. The van der Waals surface area contributed by atoms with Crippen molar-refractivity contribution in [3.63, 3.8) is 0 Å². The van der Waals surface area contributed by atoms with E-state index in [1.165, 1.54) is 13.2 Å². The highest BCUT2D eigenvalue weighted by atomic mass is 35.5. The second-order valence-corrected chi connectivity index (χ2v) is 5.49. The number of rotatable bonds is 6. The van der Waals surface area contributed by atoms with Crippen molar-refractivity contribution in [2.45, 2.75) is 13.5 Å². The Morgan fingerprint density at radius 1 is 0.958 bits per heavy atom. The largest absolute Gasteiger partial charge is 0.496 e. The Morgan fingerprint density at radius 3 is 2.21 bits per heavy atom. The van der Waals surface area contributed by atoms with Gasteiger partial charge in [-0.2, -0.15) is 0 Å². The predicted molar refractivity (Wildman–Crippen MR) is 91.4 cm³/mol. The molecule has 2 aromatic carbocycles. The number of esters is 1. The monoisotopic (exact) mass is 350 g/mol. The van der Waals surface area contributed by atoms with Gasteiger partial charge in [-0.1, -0.05) is 11.6 Å². The average Bonchev–Trinajstić information content (AvgIpc) is 2.59. The Kier molecular flexibility index (Phi) is 5.93. The Balaban J connectivity index is 2.19. The summed E-state index contributed by atoms with van der Waals surface area (Å²) in [7, 11) is 4.61. The smallest absolute Gasteiger partial charge is 0.342 e. The highest BCUT2D eigenvalue weighted by Crippen LogP contribution is 2.31. The van der Waals surface area contributed by atoms with Crippen molar-refractivity contribution in [1.82, 2.24) is 0 Å². The number of aryl methyl sites for hydroxylation is 1. The van der Waals surface area contributed by atoms with Gasteiger partial charge in [0.2, 0.25) is 0 Å². The Bertz CT molecular complexity index is 742. The standard InChI is InChI=1S/C18H19ClO5/c1-11-7-16(22-3)17(23-4)8-12(11)10-24-18(20)14-9-13(19)5-6-15(14)21-2/h5-9H,10H2,1-4H3. The highest BCUT2D eigenvalue weighted by Gasteiger charge is 2.16. The molecule has 0 aliphatic rings. The fourth-order valence-corrected chi connectivity index (χ4v) is 2.41.